The summed E-state index contributed by atoms with van der Waals surface area (Å²) in [7, 11) is -4.11. The Bertz CT molecular complexity index is 1440. The van der Waals surface area contributed by atoms with Crippen LogP contribution < -0.4 is 9.62 Å². The van der Waals surface area contributed by atoms with Crippen molar-refractivity contribution in [2.45, 2.75) is 64.9 Å². The number of carbonyl (C=O) groups is 2. The van der Waals surface area contributed by atoms with Crippen molar-refractivity contribution in [2.75, 3.05) is 17.4 Å². The van der Waals surface area contributed by atoms with E-state index in [9.17, 15) is 18.0 Å². The van der Waals surface area contributed by atoms with E-state index in [1.54, 1.807) is 55.5 Å². The van der Waals surface area contributed by atoms with Crippen molar-refractivity contribution >= 4 is 39.1 Å². The molecule has 3 aromatic carbocycles. The van der Waals surface area contributed by atoms with Gasteiger partial charge in [0.1, 0.15) is 12.6 Å². The molecule has 40 heavy (non-hydrogen) atoms. The van der Waals surface area contributed by atoms with E-state index in [-0.39, 0.29) is 17.3 Å². The lowest BCUT2D eigenvalue weighted by molar-refractivity contribution is -0.139. The molecule has 0 aromatic heterocycles. The number of sulfonamides is 1. The van der Waals surface area contributed by atoms with Gasteiger partial charge in [-0.1, -0.05) is 72.5 Å². The first kappa shape index (κ1) is 31.2. The van der Waals surface area contributed by atoms with Crippen molar-refractivity contribution < 1.29 is 18.0 Å². The number of hydrogen-bond donors (Lipinski definition) is 1. The minimum absolute atomic E-state index is 0.0811. The molecule has 7 nitrogen and oxygen atoms in total. The second kappa shape index (κ2) is 13.8. The first-order valence-corrected chi connectivity index (χ1v) is 15.2. The molecule has 0 aliphatic rings. The van der Waals surface area contributed by atoms with Crippen LogP contribution in [0.2, 0.25) is 5.02 Å². The van der Waals surface area contributed by atoms with Gasteiger partial charge in [-0.3, -0.25) is 13.9 Å². The number of halogens is 1. The van der Waals surface area contributed by atoms with Crippen molar-refractivity contribution in [3.8, 4) is 0 Å². The standard InChI is InChI=1S/C31H38ClN3O4S/c1-6-7-17-33-31(37)25(5)34(20-26-9-8-10-27(32)19-26)30(36)21-35(29-16-13-23(3)18-24(29)4)40(38,39)28-14-11-22(2)12-15-28/h8-16,18-19,25H,6-7,17,20-21H2,1-5H3,(H,33,37). The number of rotatable bonds is 12. The third kappa shape index (κ3) is 7.86. The summed E-state index contributed by atoms with van der Waals surface area (Å²) in [6.07, 6.45) is 1.73. The summed E-state index contributed by atoms with van der Waals surface area (Å²) < 4.78 is 29.1. The summed E-state index contributed by atoms with van der Waals surface area (Å²) in [6, 6.07) is 18.2. The topological polar surface area (TPSA) is 86.8 Å². The third-order valence-corrected chi connectivity index (χ3v) is 8.76. The minimum Gasteiger partial charge on any atom is -0.354 e. The molecule has 9 heteroatoms. The largest absolute Gasteiger partial charge is 0.354 e. The SMILES string of the molecule is CCCCNC(=O)C(C)N(Cc1cccc(Cl)c1)C(=O)CN(c1ccc(C)cc1C)S(=O)(=O)c1ccc(C)cc1. The summed E-state index contributed by atoms with van der Waals surface area (Å²) >= 11 is 6.20. The number of unbranched alkanes of at least 4 members (excludes halogenated alkanes) is 1. The maximum Gasteiger partial charge on any atom is 0.264 e. The zero-order chi connectivity index (χ0) is 29.4. The third-order valence-electron chi connectivity index (χ3n) is 6.75. The van der Waals surface area contributed by atoms with E-state index in [2.05, 4.69) is 5.32 Å². The van der Waals surface area contributed by atoms with Crippen molar-refractivity contribution in [1.29, 1.82) is 0 Å². The molecular weight excluding hydrogens is 546 g/mol. The van der Waals surface area contributed by atoms with Crippen molar-refractivity contribution in [1.82, 2.24) is 10.2 Å². The second-order valence-electron chi connectivity index (χ2n) is 10.1. The van der Waals surface area contributed by atoms with E-state index in [0.717, 1.165) is 39.4 Å². The average molecular weight is 584 g/mol. The number of anilines is 1. The smallest absolute Gasteiger partial charge is 0.264 e. The van der Waals surface area contributed by atoms with Gasteiger partial charge in [-0.25, -0.2) is 8.42 Å². The van der Waals surface area contributed by atoms with Crippen LogP contribution in [-0.2, 0) is 26.2 Å². The monoisotopic (exact) mass is 583 g/mol. The van der Waals surface area contributed by atoms with E-state index in [0.29, 0.717) is 17.3 Å². The maximum absolute atomic E-state index is 14.0. The van der Waals surface area contributed by atoms with Crippen LogP contribution in [0.5, 0.6) is 0 Å². The highest BCUT2D eigenvalue weighted by Gasteiger charge is 2.33. The Morgan fingerprint density at radius 3 is 2.25 bits per heavy atom. The molecule has 3 aromatic rings. The van der Waals surface area contributed by atoms with Crippen molar-refractivity contribution in [3.63, 3.8) is 0 Å². The molecule has 214 valence electrons. The van der Waals surface area contributed by atoms with E-state index >= 15 is 0 Å². The summed E-state index contributed by atoms with van der Waals surface area (Å²) in [6.45, 7) is 9.41. The number of carbonyl (C=O) groups excluding carboxylic acids is 2. The fourth-order valence-corrected chi connectivity index (χ4v) is 6.08. The summed E-state index contributed by atoms with van der Waals surface area (Å²) in [5, 5.41) is 3.39. The number of aryl methyl sites for hydroxylation is 3. The van der Waals surface area contributed by atoms with Gasteiger partial charge in [0, 0.05) is 18.1 Å². The summed E-state index contributed by atoms with van der Waals surface area (Å²) in [4.78, 5) is 28.6. The number of hydrogen-bond acceptors (Lipinski definition) is 4. The molecular formula is C31H38ClN3O4S. The summed E-state index contributed by atoms with van der Waals surface area (Å²) in [5.74, 6) is -0.808. The Kier molecular flexibility index (Phi) is 10.8. The molecule has 0 radical (unpaired) electrons. The lowest BCUT2D eigenvalue weighted by Crippen LogP contribution is -2.51. The van der Waals surface area contributed by atoms with Crippen LogP contribution in [-0.4, -0.2) is 44.3 Å². The van der Waals surface area contributed by atoms with Crippen LogP contribution in [0.15, 0.2) is 71.6 Å². The Labute approximate surface area is 243 Å². The Morgan fingerprint density at radius 1 is 0.950 bits per heavy atom. The molecule has 0 heterocycles. The van der Waals surface area contributed by atoms with Gasteiger partial charge in [-0.15, -0.1) is 0 Å². The van der Waals surface area contributed by atoms with E-state index < -0.39 is 28.5 Å². The number of benzene rings is 3. The number of amides is 2. The van der Waals surface area contributed by atoms with Crippen LogP contribution in [0.4, 0.5) is 5.69 Å². The zero-order valence-electron chi connectivity index (χ0n) is 23.8. The fourth-order valence-electron chi connectivity index (χ4n) is 4.39. The van der Waals surface area contributed by atoms with Gasteiger partial charge in [0.2, 0.25) is 11.8 Å². The second-order valence-corrected chi connectivity index (χ2v) is 12.4. The first-order chi connectivity index (χ1) is 18.9. The quantitative estimate of drug-likeness (QED) is 0.273. The normalized spacial score (nSPS) is 12.1. The predicted molar refractivity (Wildman–Crippen MR) is 161 cm³/mol. The highest BCUT2D eigenvalue weighted by atomic mass is 35.5. The predicted octanol–water partition coefficient (Wildman–Crippen LogP) is 5.79. The fraction of sp³-hybridized carbons (Fsp3) is 0.355. The van der Waals surface area contributed by atoms with Crippen LogP contribution in [0, 0.1) is 20.8 Å². The van der Waals surface area contributed by atoms with Crippen LogP contribution >= 0.6 is 11.6 Å². The molecule has 0 aliphatic heterocycles. The van der Waals surface area contributed by atoms with Crippen LogP contribution in [0.25, 0.3) is 0 Å². The van der Waals surface area contributed by atoms with Gasteiger partial charge in [0.15, 0.2) is 0 Å². The molecule has 2 amide bonds. The van der Waals surface area contributed by atoms with Gasteiger partial charge < -0.3 is 10.2 Å². The van der Waals surface area contributed by atoms with Gasteiger partial charge in [-0.2, -0.15) is 0 Å². The Morgan fingerprint density at radius 2 is 1.62 bits per heavy atom. The van der Waals surface area contributed by atoms with E-state index in [1.165, 1.54) is 4.90 Å². The molecule has 1 N–H and O–H groups in total. The van der Waals surface area contributed by atoms with E-state index in [4.69, 9.17) is 11.6 Å². The molecule has 0 fully saturated rings. The molecule has 0 bridgehead atoms. The highest BCUT2D eigenvalue weighted by molar-refractivity contribution is 7.92. The lowest BCUT2D eigenvalue weighted by atomic mass is 10.1. The van der Waals surface area contributed by atoms with Crippen molar-refractivity contribution in [2.24, 2.45) is 0 Å². The molecule has 1 atom stereocenters. The molecule has 0 aliphatic carbocycles. The van der Waals surface area contributed by atoms with Crippen molar-refractivity contribution in [3.05, 3.63) is 94.0 Å². The molecule has 0 saturated heterocycles. The lowest BCUT2D eigenvalue weighted by Gasteiger charge is -2.32. The number of nitrogens with zero attached hydrogens (tertiary/aromatic N) is 2. The van der Waals surface area contributed by atoms with Crippen LogP contribution in [0.3, 0.4) is 0 Å². The Balaban J connectivity index is 2.04. The number of nitrogens with one attached hydrogen (secondary N) is 1. The van der Waals surface area contributed by atoms with Gasteiger partial charge in [0.25, 0.3) is 10.0 Å². The van der Waals surface area contributed by atoms with Gasteiger partial charge in [-0.05, 0) is 75.6 Å². The Hall–Kier alpha value is -3.36. The molecule has 3 rings (SSSR count). The summed E-state index contributed by atoms with van der Waals surface area (Å²) in [5.41, 5.74) is 3.75. The minimum atomic E-state index is -4.11. The van der Waals surface area contributed by atoms with E-state index in [1.807, 2.05) is 45.9 Å². The average Bonchev–Trinajstić information content (AvgIpc) is 2.90. The molecule has 0 spiro atoms. The zero-order valence-corrected chi connectivity index (χ0v) is 25.3. The van der Waals surface area contributed by atoms with Gasteiger partial charge >= 0.3 is 0 Å². The first-order valence-electron chi connectivity index (χ1n) is 13.4. The van der Waals surface area contributed by atoms with Crippen LogP contribution in [0.1, 0.15) is 48.9 Å². The van der Waals surface area contributed by atoms with Gasteiger partial charge in [0.05, 0.1) is 10.6 Å². The maximum atomic E-state index is 14.0. The molecule has 0 saturated carbocycles. The molecule has 1 unspecified atom stereocenters. The highest BCUT2D eigenvalue weighted by Crippen LogP contribution is 2.28.